The summed E-state index contributed by atoms with van der Waals surface area (Å²) in [6, 6.07) is 2.49. The summed E-state index contributed by atoms with van der Waals surface area (Å²) in [7, 11) is 0. The second-order valence-corrected chi connectivity index (χ2v) is 3.42. The maximum atomic E-state index is 13.3. The minimum absolute atomic E-state index is 0. The zero-order valence-corrected chi connectivity index (χ0v) is 8.87. The van der Waals surface area contributed by atoms with Crippen molar-refractivity contribution < 1.29 is 9.13 Å². The minimum atomic E-state index is -0.341. The van der Waals surface area contributed by atoms with Crippen LogP contribution >= 0.6 is 24.0 Å². The lowest BCUT2D eigenvalue weighted by atomic mass is 10.0. The molecule has 0 aliphatic carbocycles. The Hall–Kier alpha value is -0.510. The molecule has 0 bridgehead atoms. The van der Waals surface area contributed by atoms with Gasteiger partial charge in [0.15, 0.2) is 0 Å². The Morgan fingerprint density at radius 2 is 2.21 bits per heavy atom. The van der Waals surface area contributed by atoms with Crippen LogP contribution in [0.2, 0.25) is 5.02 Å². The zero-order chi connectivity index (χ0) is 9.42. The predicted molar refractivity (Wildman–Crippen MR) is 55.7 cm³/mol. The molecule has 1 aliphatic heterocycles. The molecular weight excluding hydrogens is 228 g/mol. The van der Waals surface area contributed by atoms with E-state index in [0.29, 0.717) is 29.4 Å². The van der Waals surface area contributed by atoms with E-state index in [4.69, 9.17) is 22.1 Å². The molecule has 0 saturated carbocycles. The number of rotatable bonds is 0. The van der Waals surface area contributed by atoms with Gasteiger partial charge in [-0.3, -0.25) is 0 Å². The summed E-state index contributed by atoms with van der Waals surface area (Å²) in [5.41, 5.74) is 6.14. The molecule has 0 unspecified atom stereocenters. The lowest BCUT2D eigenvalue weighted by molar-refractivity contribution is 0.264. The summed E-state index contributed by atoms with van der Waals surface area (Å²) in [6.45, 7) is 0.497. The van der Waals surface area contributed by atoms with E-state index in [-0.39, 0.29) is 24.3 Å². The Morgan fingerprint density at radius 3 is 2.86 bits per heavy atom. The molecule has 2 N–H and O–H groups in total. The predicted octanol–water partition coefficient (Wildman–Crippen LogP) is 2.68. The van der Waals surface area contributed by atoms with Crippen molar-refractivity contribution >= 4 is 24.0 Å². The normalized spacial score (nSPS) is 19.2. The van der Waals surface area contributed by atoms with Crippen molar-refractivity contribution in [3.8, 4) is 5.75 Å². The molecule has 1 heterocycles. The maximum Gasteiger partial charge on any atom is 0.145 e. The third-order valence-electron chi connectivity index (χ3n) is 2.14. The number of ether oxygens (including phenoxy) is 1. The zero-order valence-electron chi connectivity index (χ0n) is 7.30. The number of benzene rings is 1. The fraction of sp³-hybridized carbons (Fsp3) is 0.333. The van der Waals surface area contributed by atoms with Gasteiger partial charge in [0.1, 0.15) is 11.6 Å². The van der Waals surface area contributed by atoms with Crippen LogP contribution in [-0.4, -0.2) is 6.61 Å². The molecule has 0 radical (unpaired) electrons. The highest BCUT2D eigenvalue weighted by Crippen LogP contribution is 2.38. The van der Waals surface area contributed by atoms with Gasteiger partial charge < -0.3 is 10.5 Å². The van der Waals surface area contributed by atoms with Gasteiger partial charge in [-0.15, -0.1) is 12.4 Å². The van der Waals surface area contributed by atoms with Crippen molar-refractivity contribution in [1.29, 1.82) is 0 Å². The van der Waals surface area contributed by atoms with Gasteiger partial charge in [-0.2, -0.15) is 0 Å². The van der Waals surface area contributed by atoms with Crippen molar-refractivity contribution in [2.24, 2.45) is 5.73 Å². The molecule has 0 saturated heterocycles. The molecule has 78 valence electrons. The summed E-state index contributed by atoms with van der Waals surface area (Å²) in [5, 5.41) is 0.423. The monoisotopic (exact) mass is 237 g/mol. The maximum absolute atomic E-state index is 13.3. The van der Waals surface area contributed by atoms with Gasteiger partial charge in [0.05, 0.1) is 11.6 Å². The molecule has 0 aromatic heterocycles. The number of fused-ring (bicyclic) bond motifs is 1. The SMILES string of the molecule is Cl.N[C@H]1CCOc2c(Cl)ccc(F)c21. The van der Waals surface area contributed by atoms with Crippen LogP contribution in [0.3, 0.4) is 0 Å². The van der Waals surface area contributed by atoms with Gasteiger partial charge in [-0.25, -0.2) is 4.39 Å². The largest absolute Gasteiger partial charge is 0.491 e. The van der Waals surface area contributed by atoms with E-state index < -0.39 is 0 Å². The molecule has 0 fully saturated rings. The molecule has 5 heteroatoms. The number of hydrogen-bond acceptors (Lipinski definition) is 2. The third-order valence-corrected chi connectivity index (χ3v) is 2.44. The standard InChI is InChI=1S/C9H9ClFNO.ClH/c10-5-1-2-6(11)8-7(12)3-4-13-9(5)8;/h1-2,7H,3-4,12H2;1H/t7-;/m0./s1. The molecule has 2 nitrogen and oxygen atoms in total. The van der Waals surface area contributed by atoms with E-state index in [1.54, 1.807) is 0 Å². The van der Waals surface area contributed by atoms with Crippen LogP contribution in [0.15, 0.2) is 12.1 Å². The minimum Gasteiger partial charge on any atom is -0.491 e. The van der Waals surface area contributed by atoms with Crippen LogP contribution in [0.4, 0.5) is 4.39 Å². The van der Waals surface area contributed by atoms with Crippen LogP contribution in [0, 0.1) is 5.82 Å². The van der Waals surface area contributed by atoms with Crippen LogP contribution < -0.4 is 10.5 Å². The van der Waals surface area contributed by atoms with Gasteiger partial charge in [0.25, 0.3) is 0 Å². The van der Waals surface area contributed by atoms with Crippen LogP contribution in [-0.2, 0) is 0 Å². The Labute approximate surface area is 92.6 Å². The molecule has 2 rings (SSSR count). The smallest absolute Gasteiger partial charge is 0.145 e. The lowest BCUT2D eigenvalue weighted by Crippen LogP contribution is -2.22. The quantitative estimate of drug-likeness (QED) is 0.754. The average Bonchev–Trinajstić information content (AvgIpc) is 2.12. The Bertz CT molecular complexity index is 346. The fourth-order valence-corrected chi connectivity index (χ4v) is 1.69. The third kappa shape index (κ3) is 1.80. The molecule has 1 atom stereocenters. The first-order chi connectivity index (χ1) is 6.20. The molecule has 1 aromatic rings. The molecule has 1 aromatic carbocycles. The summed E-state index contributed by atoms with van der Waals surface area (Å²) < 4.78 is 18.5. The summed E-state index contributed by atoms with van der Waals surface area (Å²) in [5.74, 6) is 0.0621. The summed E-state index contributed by atoms with van der Waals surface area (Å²) in [4.78, 5) is 0. The Kier molecular flexibility index (Phi) is 3.59. The van der Waals surface area contributed by atoms with Crippen molar-refractivity contribution in [3.63, 3.8) is 0 Å². The highest BCUT2D eigenvalue weighted by molar-refractivity contribution is 6.32. The van der Waals surface area contributed by atoms with E-state index in [2.05, 4.69) is 0 Å². The van der Waals surface area contributed by atoms with Crippen LogP contribution in [0.25, 0.3) is 0 Å². The summed E-state index contributed by atoms with van der Waals surface area (Å²) >= 11 is 5.83. The molecule has 1 aliphatic rings. The van der Waals surface area contributed by atoms with Gasteiger partial charge >= 0.3 is 0 Å². The Morgan fingerprint density at radius 1 is 1.50 bits per heavy atom. The van der Waals surface area contributed by atoms with Crippen LogP contribution in [0.1, 0.15) is 18.0 Å². The van der Waals surface area contributed by atoms with E-state index in [9.17, 15) is 4.39 Å². The summed E-state index contributed by atoms with van der Waals surface area (Å²) in [6.07, 6.45) is 0.629. The van der Waals surface area contributed by atoms with Crippen molar-refractivity contribution in [2.75, 3.05) is 6.61 Å². The van der Waals surface area contributed by atoms with Gasteiger partial charge in [-0.05, 0) is 12.1 Å². The first-order valence-corrected chi connectivity index (χ1v) is 4.44. The molecule has 0 amide bonds. The van der Waals surface area contributed by atoms with E-state index in [0.717, 1.165) is 0 Å². The average molecular weight is 238 g/mol. The number of nitrogens with two attached hydrogens (primary N) is 1. The highest BCUT2D eigenvalue weighted by atomic mass is 35.5. The van der Waals surface area contributed by atoms with E-state index in [1.807, 2.05) is 0 Å². The number of hydrogen-bond donors (Lipinski definition) is 1. The van der Waals surface area contributed by atoms with Gasteiger partial charge in [-0.1, -0.05) is 11.6 Å². The van der Waals surface area contributed by atoms with E-state index in [1.165, 1.54) is 12.1 Å². The van der Waals surface area contributed by atoms with Gasteiger partial charge in [0, 0.05) is 18.0 Å². The van der Waals surface area contributed by atoms with E-state index >= 15 is 0 Å². The van der Waals surface area contributed by atoms with Crippen molar-refractivity contribution in [3.05, 3.63) is 28.5 Å². The molecular formula is C9H10Cl2FNO. The van der Waals surface area contributed by atoms with Crippen molar-refractivity contribution in [2.45, 2.75) is 12.5 Å². The Balaban J connectivity index is 0.000000980. The second-order valence-electron chi connectivity index (χ2n) is 3.02. The van der Waals surface area contributed by atoms with Crippen LogP contribution in [0.5, 0.6) is 5.75 Å². The second kappa shape index (κ2) is 4.34. The lowest BCUT2D eigenvalue weighted by Gasteiger charge is -2.23. The topological polar surface area (TPSA) is 35.2 Å². The van der Waals surface area contributed by atoms with Crippen molar-refractivity contribution in [1.82, 2.24) is 0 Å². The first kappa shape index (κ1) is 11.6. The first-order valence-electron chi connectivity index (χ1n) is 4.06. The molecule has 14 heavy (non-hydrogen) atoms. The fourth-order valence-electron chi connectivity index (χ4n) is 1.47. The molecule has 0 spiro atoms. The number of halogens is 3. The van der Waals surface area contributed by atoms with Gasteiger partial charge in [0.2, 0.25) is 0 Å². The highest BCUT2D eigenvalue weighted by Gasteiger charge is 2.23.